The molecule has 0 spiro atoms. The molecule has 0 amide bonds. The molecule has 2 fully saturated rings. The second-order valence-corrected chi connectivity index (χ2v) is 21.2. The van der Waals surface area contributed by atoms with Gasteiger partial charge >= 0.3 is 5.97 Å². The number of hydrogen-bond donors (Lipinski definition) is 7. The maximum absolute atomic E-state index is 13.1. The molecular weight excluding hydrogens is 957 g/mol. The molecule has 438 valence electrons. The van der Waals surface area contributed by atoms with E-state index in [0.29, 0.717) is 13.0 Å². The number of hydrogen-bond acceptors (Lipinski definition) is 14. The Morgan fingerprint density at radius 1 is 0.440 bits per heavy atom. The van der Waals surface area contributed by atoms with Crippen LogP contribution in [0.4, 0.5) is 0 Å². The molecule has 0 saturated carbocycles. The van der Waals surface area contributed by atoms with Crippen LogP contribution < -0.4 is 0 Å². The Kier molecular flexibility index (Phi) is 44.1. The number of esters is 1. The molecule has 2 heterocycles. The molecular formula is C61H110O14. The second-order valence-electron chi connectivity index (χ2n) is 21.2. The van der Waals surface area contributed by atoms with Gasteiger partial charge in [-0.1, -0.05) is 197 Å². The molecule has 14 nitrogen and oxygen atoms in total. The first-order chi connectivity index (χ1) is 36.6. The molecule has 0 bridgehead atoms. The van der Waals surface area contributed by atoms with Gasteiger partial charge < -0.3 is 64.2 Å². The summed E-state index contributed by atoms with van der Waals surface area (Å²) in [6, 6.07) is 0. The van der Waals surface area contributed by atoms with Crippen molar-refractivity contribution in [3.8, 4) is 0 Å². The summed E-state index contributed by atoms with van der Waals surface area (Å²) >= 11 is 0. The molecule has 14 heteroatoms. The Balaban J connectivity index is 1.71. The highest BCUT2D eigenvalue weighted by atomic mass is 16.7. The lowest BCUT2D eigenvalue weighted by molar-refractivity contribution is -0.332. The van der Waals surface area contributed by atoms with Gasteiger partial charge in [0.05, 0.1) is 26.4 Å². The average Bonchev–Trinajstić information content (AvgIpc) is 3.41. The highest BCUT2D eigenvalue weighted by Crippen LogP contribution is 2.27. The Labute approximate surface area is 454 Å². The topological polar surface area (TPSA) is 214 Å². The number of carbonyl (C=O) groups excluding carboxylic acids is 1. The molecule has 11 atom stereocenters. The van der Waals surface area contributed by atoms with Gasteiger partial charge in [0.1, 0.15) is 54.9 Å². The van der Waals surface area contributed by atoms with Crippen LogP contribution in [-0.4, -0.2) is 142 Å². The van der Waals surface area contributed by atoms with Gasteiger partial charge in [0.2, 0.25) is 0 Å². The van der Waals surface area contributed by atoms with Crippen molar-refractivity contribution in [2.24, 2.45) is 0 Å². The second kappa shape index (κ2) is 47.9. The van der Waals surface area contributed by atoms with Gasteiger partial charge in [-0.15, -0.1) is 0 Å². The van der Waals surface area contributed by atoms with Gasteiger partial charge in [-0.25, -0.2) is 0 Å². The number of aliphatic hydroxyl groups is 7. The Morgan fingerprint density at radius 3 is 1.31 bits per heavy atom. The SMILES string of the molecule is CCCCCCC/C=C\C/C=C\C/C=C\CCCCCCCCCCC(=O)OC(COCCCCCCCCCC/C=C\CCCCCCCC)COC1OC(COC2OC(CO)C(O)C(O)C2O)C(O)C(O)C1O. The molecule has 2 saturated heterocycles. The first-order valence-corrected chi connectivity index (χ1v) is 30.2. The van der Waals surface area contributed by atoms with E-state index in [9.17, 15) is 40.5 Å². The Hall–Kier alpha value is -2.05. The summed E-state index contributed by atoms with van der Waals surface area (Å²) in [5.74, 6) is -0.383. The van der Waals surface area contributed by atoms with E-state index in [1.165, 1.54) is 148 Å². The fraction of sp³-hybridized carbons (Fsp3) is 0.852. The van der Waals surface area contributed by atoms with Gasteiger partial charge in [0.15, 0.2) is 12.6 Å². The molecule has 0 aliphatic carbocycles. The normalized spacial score (nSPS) is 24.9. The number of ether oxygens (including phenoxy) is 6. The molecule has 2 aliphatic rings. The lowest BCUT2D eigenvalue weighted by Gasteiger charge is -2.42. The smallest absolute Gasteiger partial charge is 0.306 e. The zero-order valence-corrected chi connectivity index (χ0v) is 47.0. The molecule has 7 N–H and O–H groups in total. The summed E-state index contributed by atoms with van der Waals surface area (Å²) in [7, 11) is 0. The van der Waals surface area contributed by atoms with E-state index >= 15 is 0 Å². The summed E-state index contributed by atoms with van der Waals surface area (Å²) in [6.07, 6.45) is 41.6. The van der Waals surface area contributed by atoms with E-state index in [0.717, 1.165) is 57.8 Å². The lowest BCUT2D eigenvalue weighted by atomic mass is 9.98. The van der Waals surface area contributed by atoms with E-state index in [1.54, 1.807) is 0 Å². The van der Waals surface area contributed by atoms with Crippen LogP contribution in [0.25, 0.3) is 0 Å². The van der Waals surface area contributed by atoms with Gasteiger partial charge in [0, 0.05) is 13.0 Å². The predicted octanol–water partition coefficient (Wildman–Crippen LogP) is 11.1. The average molecular weight is 1070 g/mol. The largest absolute Gasteiger partial charge is 0.457 e. The quantitative estimate of drug-likeness (QED) is 0.0172. The maximum Gasteiger partial charge on any atom is 0.306 e. The first-order valence-electron chi connectivity index (χ1n) is 30.2. The van der Waals surface area contributed by atoms with Crippen molar-refractivity contribution < 1.29 is 69.0 Å². The van der Waals surface area contributed by atoms with Crippen molar-refractivity contribution in [2.75, 3.05) is 33.0 Å². The highest BCUT2D eigenvalue weighted by Gasteiger charge is 2.47. The highest BCUT2D eigenvalue weighted by molar-refractivity contribution is 5.69. The van der Waals surface area contributed by atoms with E-state index in [2.05, 4.69) is 62.5 Å². The number of carbonyl (C=O) groups is 1. The molecule has 0 aromatic heterocycles. The zero-order chi connectivity index (χ0) is 54.4. The van der Waals surface area contributed by atoms with Crippen molar-refractivity contribution in [1.82, 2.24) is 0 Å². The minimum atomic E-state index is -1.71. The number of unbranched alkanes of at least 4 members (excludes halogenated alkanes) is 27. The summed E-state index contributed by atoms with van der Waals surface area (Å²) < 4.78 is 34.4. The van der Waals surface area contributed by atoms with Crippen LogP contribution in [0.3, 0.4) is 0 Å². The monoisotopic (exact) mass is 1070 g/mol. The summed E-state index contributed by atoms with van der Waals surface area (Å²) in [5, 5.41) is 72.4. The van der Waals surface area contributed by atoms with E-state index in [4.69, 9.17) is 28.4 Å². The van der Waals surface area contributed by atoms with Crippen molar-refractivity contribution in [2.45, 2.75) is 300 Å². The third-order valence-corrected chi connectivity index (χ3v) is 14.3. The lowest BCUT2D eigenvalue weighted by Crippen LogP contribution is -2.61. The Morgan fingerprint density at radius 2 is 0.827 bits per heavy atom. The minimum Gasteiger partial charge on any atom is -0.457 e. The fourth-order valence-electron chi connectivity index (χ4n) is 9.41. The molecule has 2 aliphatic heterocycles. The van der Waals surface area contributed by atoms with E-state index < -0.39 is 80.7 Å². The third kappa shape index (κ3) is 34.5. The van der Waals surface area contributed by atoms with Crippen molar-refractivity contribution in [3.63, 3.8) is 0 Å². The number of aliphatic hydroxyl groups excluding tert-OH is 7. The van der Waals surface area contributed by atoms with Crippen LogP contribution in [0, 0.1) is 0 Å². The summed E-state index contributed by atoms with van der Waals surface area (Å²) in [6.45, 7) is 3.68. The van der Waals surface area contributed by atoms with Crippen molar-refractivity contribution in [1.29, 1.82) is 0 Å². The van der Waals surface area contributed by atoms with Crippen LogP contribution in [-0.2, 0) is 33.2 Å². The predicted molar refractivity (Wildman–Crippen MR) is 298 cm³/mol. The van der Waals surface area contributed by atoms with E-state index in [1.807, 2.05) is 0 Å². The van der Waals surface area contributed by atoms with Crippen LogP contribution in [0.1, 0.15) is 232 Å². The third-order valence-electron chi connectivity index (χ3n) is 14.3. The molecule has 75 heavy (non-hydrogen) atoms. The maximum atomic E-state index is 13.1. The van der Waals surface area contributed by atoms with Crippen LogP contribution >= 0.6 is 0 Å². The van der Waals surface area contributed by atoms with Crippen molar-refractivity contribution in [3.05, 3.63) is 48.6 Å². The van der Waals surface area contributed by atoms with Gasteiger partial charge in [-0.3, -0.25) is 4.79 Å². The number of allylic oxidation sites excluding steroid dienone is 8. The van der Waals surface area contributed by atoms with Crippen LogP contribution in [0.5, 0.6) is 0 Å². The van der Waals surface area contributed by atoms with Gasteiger partial charge in [-0.2, -0.15) is 0 Å². The van der Waals surface area contributed by atoms with Gasteiger partial charge in [-0.05, 0) is 77.0 Å². The van der Waals surface area contributed by atoms with E-state index in [-0.39, 0.29) is 25.6 Å². The first kappa shape index (κ1) is 69.1. The number of rotatable bonds is 49. The summed E-state index contributed by atoms with van der Waals surface area (Å²) in [5.41, 5.74) is 0. The molecule has 0 radical (unpaired) electrons. The van der Waals surface area contributed by atoms with Crippen LogP contribution in [0.15, 0.2) is 48.6 Å². The van der Waals surface area contributed by atoms with Gasteiger partial charge in [0.25, 0.3) is 0 Å². The molecule has 2 rings (SSSR count). The minimum absolute atomic E-state index is 0.0564. The van der Waals surface area contributed by atoms with Crippen LogP contribution in [0.2, 0.25) is 0 Å². The molecule has 0 aromatic carbocycles. The van der Waals surface area contributed by atoms with Crippen molar-refractivity contribution >= 4 is 5.97 Å². The Bertz CT molecular complexity index is 1420. The zero-order valence-electron chi connectivity index (χ0n) is 47.0. The molecule has 11 unspecified atom stereocenters. The molecule has 0 aromatic rings. The summed E-state index contributed by atoms with van der Waals surface area (Å²) in [4.78, 5) is 13.1. The fourth-order valence-corrected chi connectivity index (χ4v) is 9.41. The standard InChI is InChI=1S/C61H110O14/c1-3-5-7-9-11-13-15-17-19-21-23-24-25-26-27-28-30-32-34-36-38-40-42-44-53(63)73-50(47-70-45-43-41-39-37-35-33-31-29-22-20-18-16-14-12-10-8-6-4-2)48-71-60-59(69)57(67)55(65)52(75-60)49-72-61-58(68)56(66)54(64)51(46-62)74-61/h15,17-18,20-21,23,25-26,50-52,54-62,64-69H,3-14,16,19,22,24,27-49H2,1-2H3/b17-15-,20-18-,23-21-,26-25-.